The fourth-order valence-electron chi connectivity index (χ4n) is 2.68. The average molecular weight is 303 g/mol. The highest BCUT2D eigenvalue weighted by atomic mass is 32.2. The van der Waals surface area contributed by atoms with Crippen molar-refractivity contribution < 1.29 is 18.0 Å². The van der Waals surface area contributed by atoms with E-state index in [1.807, 2.05) is 0 Å². The van der Waals surface area contributed by atoms with Crippen LogP contribution in [0.15, 0.2) is 0 Å². The fourth-order valence-corrected chi connectivity index (χ4v) is 3.59. The van der Waals surface area contributed by atoms with Crippen LogP contribution in [0.3, 0.4) is 0 Å². The van der Waals surface area contributed by atoms with Crippen LogP contribution in [0, 0.1) is 0 Å². The van der Waals surface area contributed by atoms with Gasteiger partial charge in [-0.2, -0.15) is 0 Å². The van der Waals surface area contributed by atoms with Crippen molar-refractivity contribution in [2.75, 3.05) is 32.4 Å². The van der Waals surface area contributed by atoms with Gasteiger partial charge in [-0.05, 0) is 19.3 Å². The molecule has 2 heterocycles. The van der Waals surface area contributed by atoms with Gasteiger partial charge in [0.2, 0.25) is 21.8 Å². The number of carbonyl (C=O) groups is 2. The van der Waals surface area contributed by atoms with Gasteiger partial charge in [-0.15, -0.1) is 0 Å². The molecular weight excluding hydrogens is 282 g/mol. The van der Waals surface area contributed by atoms with Crippen molar-refractivity contribution in [3.63, 3.8) is 0 Å². The second-order valence-electron chi connectivity index (χ2n) is 5.45. The Morgan fingerprint density at radius 2 is 2.10 bits per heavy atom. The summed E-state index contributed by atoms with van der Waals surface area (Å²) in [4.78, 5) is 24.9. The summed E-state index contributed by atoms with van der Waals surface area (Å²) in [7, 11) is -3.21. The number of sulfonamides is 1. The third-order valence-electron chi connectivity index (χ3n) is 3.72. The zero-order chi connectivity index (χ0) is 14.8. The number of hydrogen-bond acceptors (Lipinski definition) is 4. The maximum Gasteiger partial charge on any atom is 0.239 e. The Balaban J connectivity index is 1.83. The van der Waals surface area contributed by atoms with Crippen LogP contribution >= 0.6 is 0 Å². The van der Waals surface area contributed by atoms with Crippen LogP contribution in [0.5, 0.6) is 0 Å². The SMILES string of the molecule is CS(=O)(=O)N1CCCC(NC(=O)CN2CCCC2=O)C1. The summed E-state index contributed by atoms with van der Waals surface area (Å²) in [6.45, 7) is 1.54. The molecule has 0 saturated carbocycles. The van der Waals surface area contributed by atoms with E-state index in [1.165, 1.54) is 10.6 Å². The molecule has 0 spiro atoms. The first-order chi connectivity index (χ1) is 9.36. The molecule has 0 radical (unpaired) electrons. The Bertz CT molecular complexity index is 491. The van der Waals surface area contributed by atoms with Crippen molar-refractivity contribution >= 4 is 21.8 Å². The maximum atomic E-state index is 11.9. The molecule has 1 atom stereocenters. The maximum absolute atomic E-state index is 11.9. The molecule has 0 aromatic carbocycles. The highest BCUT2D eigenvalue weighted by Gasteiger charge is 2.28. The quantitative estimate of drug-likeness (QED) is 0.733. The molecule has 7 nitrogen and oxygen atoms in total. The molecule has 2 aliphatic heterocycles. The van der Waals surface area contributed by atoms with E-state index in [1.54, 1.807) is 4.90 Å². The third-order valence-corrected chi connectivity index (χ3v) is 4.99. The Hall–Kier alpha value is -1.15. The standard InChI is InChI=1S/C12H21N3O4S/c1-20(18,19)15-7-2-4-10(8-15)13-11(16)9-14-6-3-5-12(14)17/h10H,2-9H2,1H3,(H,13,16). The number of rotatable bonds is 4. The van der Waals surface area contributed by atoms with Crippen molar-refractivity contribution in [1.29, 1.82) is 0 Å². The van der Waals surface area contributed by atoms with Gasteiger partial charge in [0.25, 0.3) is 0 Å². The first-order valence-electron chi connectivity index (χ1n) is 6.88. The largest absolute Gasteiger partial charge is 0.351 e. The minimum Gasteiger partial charge on any atom is -0.351 e. The molecule has 2 rings (SSSR count). The lowest BCUT2D eigenvalue weighted by Crippen LogP contribution is -2.51. The van der Waals surface area contributed by atoms with Crippen LogP contribution in [0.2, 0.25) is 0 Å². The number of likely N-dealkylation sites (tertiary alicyclic amines) is 1. The van der Waals surface area contributed by atoms with E-state index in [0.29, 0.717) is 26.1 Å². The van der Waals surface area contributed by atoms with Gasteiger partial charge in [0.15, 0.2) is 0 Å². The molecule has 2 amide bonds. The molecule has 2 saturated heterocycles. The predicted molar refractivity (Wildman–Crippen MR) is 73.4 cm³/mol. The van der Waals surface area contributed by atoms with Crippen molar-refractivity contribution in [3.8, 4) is 0 Å². The van der Waals surface area contributed by atoms with Gasteiger partial charge in [-0.1, -0.05) is 0 Å². The molecule has 0 aromatic heterocycles. The summed E-state index contributed by atoms with van der Waals surface area (Å²) < 4.78 is 24.4. The number of hydrogen-bond donors (Lipinski definition) is 1. The van der Waals surface area contributed by atoms with Gasteiger partial charge < -0.3 is 10.2 Å². The van der Waals surface area contributed by atoms with Crippen LogP contribution < -0.4 is 5.32 Å². The molecule has 8 heteroatoms. The van der Waals surface area contributed by atoms with Crippen LogP contribution in [0.1, 0.15) is 25.7 Å². The minimum absolute atomic E-state index is 0.0153. The summed E-state index contributed by atoms with van der Waals surface area (Å²) in [5.41, 5.74) is 0. The fraction of sp³-hybridized carbons (Fsp3) is 0.833. The van der Waals surface area contributed by atoms with E-state index in [-0.39, 0.29) is 24.4 Å². The van der Waals surface area contributed by atoms with Crippen molar-refractivity contribution in [3.05, 3.63) is 0 Å². The number of carbonyl (C=O) groups excluding carboxylic acids is 2. The first-order valence-corrected chi connectivity index (χ1v) is 8.73. The van der Waals surface area contributed by atoms with Crippen LogP contribution in [0.25, 0.3) is 0 Å². The van der Waals surface area contributed by atoms with Gasteiger partial charge in [-0.3, -0.25) is 9.59 Å². The predicted octanol–water partition coefficient (Wildman–Crippen LogP) is -0.851. The van der Waals surface area contributed by atoms with Gasteiger partial charge >= 0.3 is 0 Å². The van der Waals surface area contributed by atoms with Gasteiger partial charge in [0.05, 0.1) is 12.8 Å². The summed E-state index contributed by atoms with van der Waals surface area (Å²) in [6.07, 6.45) is 4.00. The first kappa shape index (κ1) is 15.2. The molecule has 1 N–H and O–H groups in total. The summed E-state index contributed by atoms with van der Waals surface area (Å²) >= 11 is 0. The third kappa shape index (κ3) is 3.92. The lowest BCUT2D eigenvalue weighted by molar-refractivity contribution is -0.133. The highest BCUT2D eigenvalue weighted by molar-refractivity contribution is 7.88. The Morgan fingerprint density at radius 3 is 2.70 bits per heavy atom. The Labute approximate surface area is 119 Å². The zero-order valence-corrected chi connectivity index (χ0v) is 12.5. The lowest BCUT2D eigenvalue weighted by Gasteiger charge is -2.31. The molecule has 0 bridgehead atoms. The molecule has 0 aliphatic carbocycles. The van der Waals surface area contributed by atoms with Gasteiger partial charge in [0.1, 0.15) is 0 Å². The molecule has 2 aliphatic rings. The van der Waals surface area contributed by atoms with E-state index < -0.39 is 10.0 Å². The topological polar surface area (TPSA) is 86.8 Å². The lowest BCUT2D eigenvalue weighted by atomic mass is 10.1. The second-order valence-corrected chi connectivity index (χ2v) is 7.43. The van der Waals surface area contributed by atoms with Crippen LogP contribution in [-0.2, 0) is 19.6 Å². The highest BCUT2D eigenvalue weighted by Crippen LogP contribution is 2.13. The molecular formula is C12H21N3O4S. The number of amides is 2. The monoisotopic (exact) mass is 303 g/mol. The summed E-state index contributed by atoms with van der Waals surface area (Å²) in [5.74, 6) is -0.192. The number of nitrogens with zero attached hydrogens (tertiary/aromatic N) is 2. The second kappa shape index (κ2) is 6.09. The summed E-state index contributed by atoms with van der Waals surface area (Å²) in [5, 5.41) is 2.83. The smallest absolute Gasteiger partial charge is 0.239 e. The number of nitrogens with one attached hydrogen (secondary N) is 1. The van der Waals surface area contributed by atoms with Crippen molar-refractivity contribution in [2.24, 2.45) is 0 Å². The Kier molecular flexibility index (Phi) is 4.64. The van der Waals surface area contributed by atoms with E-state index in [4.69, 9.17) is 0 Å². The average Bonchev–Trinajstić information content (AvgIpc) is 2.74. The van der Waals surface area contributed by atoms with Gasteiger partial charge in [0, 0.05) is 32.1 Å². The van der Waals surface area contributed by atoms with E-state index in [0.717, 1.165) is 19.3 Å². The summed E-state index contributed by atoms with van der Waals surface area (Å²) in [6, 6.07) is -0.163. The van der Waals surface area contributed by atoms with E-state index in [9.17, 15) is 18.0 Å². The van der Waals surface area contributed by atoms with Gasteiger partial charge in [-0.25, -0.2) is 12.7 Å². The molecule has 20 heavy (non-hydrogen) atoms. The van der Waals surface area contributed by atoms with Crippen LogP contribution in [0.4, 0.5) is 0 Å². The molecule has 1 unspecified atom stereocenters. The molecule has 0 aromatic rings. The van der Waals surface area contributed by atoms with E-state index >= 15 is 0 Å². The Morgan fingerprint density at radius 1 is 1.35 bits per heavy atom. The molecule has 2 fully saturated rings. The normalized spacial score (nSPS) is 24.9. The molecule has 114 valence electrons. The van der Waals surface area contributed by atoms with Crippen molar-refractivity contribution in [2.45, 2.75) is 31.7 Å². The van der Waals surface area contributed by atoms with Crippen molar-refractivity contribution in [1.82, 2.24) is 14.5 Å². The minimum atomic E-state index is -3.21. The zero-order valence-electron chi connectivity index (χ0n) is 11.7. The van der Waals surface area contributed by atoms with Crippen LogP contribution in [-0.4, -0.2) is 67.9 Å². The number of piperidine rings is 1. The van der Waals surface area contributed by atoms with E-state index in [2.05, 4.69) is 5.32 Å².